The zero-order valence-electron chi connectivity index (χ0n) is 12.8. The van der Waals surface area contributed by atoms with Gasteiger partial charge in [0, 0.05) is 56.8 Å². The highest BCUT2D eigenvalue weighted by Crippen LogP contribution is 2.35. The van der Waals surface area contributed by atoms with Gasteiger partial charge in [0.2, 0.25) is 0 Å². The summed E-state index contributed by atoms with van der Waals surface area (Å²) in [5, 5.41) is 3.22. The van der Waals surface area contributed by atoms with E-state index < -0.39 is 0 Å². The van der Waals surface area contributed by atoms with Crippen molar-refractivity contribution in [1.29, 1.82) is 0 Å². The molecule has 0 radical (unpaired) electrons. The third-order valence-electron chi connectivity index (χ3n) is 4.48. The van der Waals surface area contributed by atoms with Gasteiger partial charge < -0.3 is 14.4 Å². The van der Waals surface area contributed by atoms with Crippen LogP contribution in [0.2, 0.25) is 0 Å². The molecular formula is C15H25N3O2S. The lowest BCUT2D eigenvalue weighted by molar-refractivity contribution is 0.0545. The van der Waals surface area contributed by atoms with E-state index in [4.69, 9.17) is 9.47 Å². The molecule has 5 nitrogen and oxygen atoms in total. The summed E-state index contributed by atoms with van der Waals surface area (Å²) in [5.41, 5.74) is 0.244. The Morgan fingerprint density at radius 3 is 3.19 bits per heavy atom. The Morgan fingerprint density at radius 2 is 2.38 bits per heavy atom. The quantitative estimate of drug-likeness (QED) is 0.846. The van der Waals surface area contributed by atoms with Crippen molar-refractivity contribution >= 4 is 16.5 Å². The first-order valence-electron chi connectivity index (χ1n) is 7.75. The standard InChI is InChI=1S/C15H25N3O2S/c1-19-8-6-17-7-9-20-13-15(11-17)3-2-5-18(12-15)14-16-4-10-21-14/h4,10H,2-3,5-9,11-13H2,1H3/t15-/m0/s1. The maximum absolute atomic E-state index is 5.94. The average molecular weight is 311 g/mol. The van der Waals surface area contributed by atoms with Crippen molar-refractivity contribution in [3.8, 4) is 0 Å². The fraction of sp³-hybridized carbons (Fsp3) is 0.800. The lowest BCUT2D eigenvalue weighted by atomic mass is 9.80. The van der Waals surface area contributed by atoms with E-state index in [0.717, 1.165) is 57.7 Å². The van der Waals surface area contributed by atoms with E-state index >= 15 is 0 Å². The van der Waals surface area contributed by atoms with Crippen LogP contribution in [0.1, 0.15) is 12.8 Å². The van der Waals surface area contributed by atoms with E-state index in [1.807, 2.05) is 6.20 Å². The molecule has 1 spiro atoms. The van der Waals surface area contributed by atoms with E-state index in [9.17, 15) is 0 Å². The summed E-state index contributed by atoms with van der Waals surface area (Å²) >= 11 is 1.74. The smallest absolute Gasteiger partial charge is 0.185 e. The molecule has 118 valence electrons. The third-order valence-corrected chi connectivity index (χ3v) is 5.31. The molecule has 0 N–H and O–H groups in total. The van der Waals surface area contributed by atoms with Gasteiger partial charge in [-0.25, -0.2) is 4.98 Å². The molecule has 2 aliphatic rings. The molecule has 3 rings (SSSR count). The molecule has 21 heavy (non-hydrogen) atoms. The van der Waals surface area contributed by atoms with Gasteiger partial charge in [0.1, 0.15) is 0 Å². The normalized spacial score (nSPS) is 28.0. The van der Waals surface area contributed by atoms with Crippen molar-refractivity contribution in [2.24, 2.45) is 5.41 Å². The second-order valence-corrected chi connectivity index (χ2v) is 7.03. The Bertz CT molecular complexity index is 429. The van der Waals surface area contributed by atoms with Crippen LogP contribution < -0.4 is 4.90 Å². The van der Waals surface area contributed by atoms with Gasteiger partial charge in [-0.05, 0) is 12.8 Å². The van der Waals surface area contributed by atoms with Crippen LogP contribution in [0.25, 0.3) is 0 Å². The first-order chi connectivity index (χ1) is 10.3. The summed E-state index contributed by atoms with van der Waals surface area (Å²) < 4.78 is 11.2. The Hall–Kier alpha value is -0.690. The van der Waals surface area contributed by atoms with Gasteiger partial charge >= 0.3 is 0 Å². The fourth-order valence-electron chi connectivity index (χ4n) is 3.48. The zero-order chi connectivity index (χ0) is 14.5. The predicted molar refractivity (Wildman–Crippen MR) is 85.1 cm³/mol. The summed E-state index contributed by atoms with van der Waals surface area (Å²) in [6.45, 7) is 7.81. The molecule has 0 aromatic carbocycles. The first kappa shape index (κ1) is 15.2. The van der Waals surface area contributed by atoms with Gasteiger partial charge in [0.15, 0.2) is 5.13 Å². The number of piperidine rings is 1. The predicted octanol–water partition coefficient (Wildman–Crippen LogP) is 1.71. The number of thiazole rings is 1. The summed E-state index contributed by atoms with van der Waals surface area (Å²) in [7, 11) is 1.77. The van der Waals surface area contributed by atoms with Crippen LogP contribution in [0, 0.1) is 5.41 Å². The first-order valence-corrected chi connectivity index (χ1v) is 8.63. The molecule has 1 aromatic rings. The maximum atomic E-state index is 5.94. The summed E-state index contributed by atoms with van der Waals surface area (Å²) in [5.74, 6) is 0. The van der Waals surface area contributed by atoms with Crippen LogP contribution in [-0.2, 0) is 9.47 Å². The molecule has 0 bridgehead atoms. The molecule has 3 heterocycles. The highest BCUT2D eigenvalue weighted by atomic mass is 32.1. The lowest BCUT2D eigenvalue weighted by Gasteiger charge is -2.43. The van der Waals surface area contributed by atoms with E-state index in [1.165, 1.54) is 12.8 Å². The van der Waals surface area contributed by atoms with Crippen molar-refractivity contribution in [3.05, 3.63) is 11.6 Å². The molecule has 6 heteroatoms. The van der Waals surface area contributed by atoms with E-state index in [2.05, 4.69) is 20.2 Å². The van der Waals surface area contributed by atoms with Crippen LogP contribution in [0.5, 0.6) is 0 Å². The number of methoxy groups -OCH3 is 1. The molecule has 2 aliphatic heterocycles. The molecule has 2 fully saturated rings. The molecule has 2 saturated heterocycles. The summed E-state index contributed by atoms with van der Waals surface area (Å²) in [6, 6.07) is 0. The van der Waals surface area contributed by atoms with Crippen molar-refractivity contribution in [1.82, 2.24) is 9.88 Å². The number of nitrogens with zero attached hydrogens (tertiary/aromatic N) is 3. The summed E-state index contributed by atoms with van der Waals surface area (Å²) in [4.78, 5) is 9.42. The van der Waals surface area contributed by atoms with E-state index in [0.29, 0.717) is 0 Å². The SMILES string of the molecule is COCCN1CCOC[C@@]2(CCCN(c3nccs3)C2)C1. The Balaban J connectivity index is 1.68. The fourth-order valence-corrected chi connectivity index (χ4v) is 4.15. The highest BCUT2D eigenvalue weighted by Gasteiger charge is 2.39. The minimum atomic E-state index is 0.244. The second kappa shape index (κ2) is 7.05. The number of rotatable bonds is 4. The number of aromatic nitrogens is 1. The van der Waals surface area contributed by atoms with Gasteiger partial charge in [0.25, 0.3) is 0 Å². The minimum Gasteiger partial charge on any atom is -0.383 e. The Kier molecular flexibility index (Phi) is 5.11. The van der Waals surface area contributed by atoms with Crippen LogP contribution >= 0.6 is 11.3 Å². The number of ether oxygens (including phenoxy) is 2. The molecule has 1 atom stereocenters. The third kappa shape index (κ3) is 3.74. The van der Waals surface area contributed by atoms with Crippen LogP contribution in [0.3, 0.4) is 0 Å². The molecule has 1 aromatic heterocycles. The topological polar surface area (TPSA) is 37.8 Å². The number of hydrogen-bond acceptors (Lipinski definition) is 6. The Morgan fingerprint density at radius 1 is 1.43 bits per heavy atom. The van der Waals surface area contributed by atoms with Gasteiger partial charge in [-0.1, -0.05) is 0 Å². The van der Waals surface area contributed by atoms with Crippen molar-refractivity contribution < 1.29 is 9.47 Å². The van der Waals surface area contributed by atoms with Crippen LogP contribution in [0.4, 0.5) is 5.13 Å². The number of hydrogen-bond donors (Lipinski definition) is 0. The largest absolute Gasteiger partial charge is 0.383 e. The van der Waals surface area contributed by atoms with Gasteiger partial charge in [-0.2, -0.15) is 0 Å². The van der Waals surface area contributed by atoms with Gasteiger partial charge in [0.05, 0.1) is 19.8 Å². The molecular weight excluding hydrogens is 286 g/mol. The van der Waals surface area contributed by atoms with Crippen molar-refractivity contribution in [2.75, 3.05) is 64.6 Å². The minimum absolute atomic E-state index is 0.244. The zero-order valence-corrected chi connectivity index (χ0v) is 13.6. The van der Waals surface area contributed by atoms with E-state index in [-0.39, 0.29) is 5.41 Å². The van der Waals surface area contributed by atoms with Crippen LogP contribution in [-0.4, -0.2) is 69.5 Å². The van der Waals surface area contributed by atoms with Crippen molar-refractivity contribution in [2.45, 2.75) is 12.8 Å². The van der Waals surface area contributed by atoms with Gasteiger partial charge in [-0.15, -0.1) is 11.3 Å². The highest BCUT2D eigenvalue weighted by molar-refractivity contribution is 7.13. The molecule has 0 amide bonds. The Labute approximate surface area is 130 Å². The second-order valence-electron chi connectivity index (χ2n) is 6.16. The number of anilines is 1. The molecule has 0 unspecified atom stereocenters. The molecule has 0 aliphatic carbocycles. The van der Waals surface area contributed by atoms with Crippen LogP contribution in [0.15, 0.2) is 11.6 Å². The summed E-state index contributed by atoms with van der Waals surface area (Å²) in [6.07, 6.45) is 4.37. The van der Waals surface area contributed by atoms with Crippen molar-refractivity contribution in [3.63, 3.8) is 0 Å². The lowest BCUT2D eigenvalue weighted by Crippen LogP contribution is -2.51. The molecule has 0 saturated carbocycles. The maximum Gasteiger partial charge on any atom is 0.185 e. The average Bonchev–Trinajstić information content (AvgIpc) is 2.97. The monoisotopic (exact) mass is 311 g/mol. The van der Waals surface area contributed by atoms with E-state index in [1.54, 1.807) is 18.4 Å². The van der Waals surface area contributed by atoms with Gasteiger partial charge in [-0.3, -0.25) is 4.90 Å².